The maximum absolute atomic E-state index is 12.6. The highest BCUT2D eigenvalue weighted by molar-refractivity contribution is 8.26. The van der Waals surface area contributed by atoms with Gasteiger partial charge in [-0.1, -0.05) is 36.1 Å². The highest BCUT2D eigenvalue weighted by Gasteiger charge is 2.31. The lowest BCUT2D eigenvalue weighted by Crippen LogP contribution is -2.38. The Balaban J connectivity index is 1.56. The van der Waals surface area contributed by atoms with E-state index in [1.165, 1.54) is 11.8 Å². The molecule has 1 aromatic carbocycles. The fourth-order valence-electron chi connectivity index (χ4n) is 2.82. The van der Waals surface area contributed by atoms with E-state index in [0.29, 0.717) is 15.8 Å². The lowest BCUT2D eigenvalue weighted by Gasteiger charge is -2.27. The number of amides is 1. The second-order valence-electron chi connectivity index (χ2n) is 5.91. The van der Waals surface area contributed by atoms with Crippen LogP contribution in [0.15, 0.2) is 29.2 Å². The van der Waals surface area contributed by atoms with Crippen LogP contribution in [-0.2, 0) is 9.53 Å². The van der Waals surface area contributed by atoms with Gasteiger partial charge in [-0.05, 0) is 30.2 Å². The summed E-state index contributed by atoms with van der Waals surface area (Å²) in [4.78, 5) is 17.4. The van der Waals surface area contributed by atoms with E-state index < -0.39 is 0 Å². The molecule has 0 unspecified atom stereocenters. The van der Waals surface area contributed by atoms with E-state index >= 15 is 0 Å². The van der Waals surface area contributed by atoms with Crippen molar-refractivity contribution in [2.24, 2.45) is 0 Å². The summed E-state index contributed by atoms with van der Waals surface area (Å²) in [5.74, 6) is 0.806. The molecule has 1 amide bonds. The van der Waals surface area contributed by atoms with Crippen molar-refractivity contribution < 1.29 is 14.3 Å². The number of benzene rings is 1. The standard InChI is InChI=1S/C18H22N2O3S2/c1-22-15-5-3-14(4-6-15)13-16-17(21)20(18(24)25-16)8-2-7-19-9-11-23-12-10-19/h3-6,13H,2,7-12H2,1H3/b16-13+. The minimum absolute atomic E-state index is 0.00722. The first-order valence-electron chi connectivity index (χ1n) is 8.37. The summed E-state index contributed by atoms with van der Waals surface area (Å²) in [5.41, 5.74) is 0.967. The molecule has 25 heavy (non-hydrogen) atoms. The topological polar surface area (TPSA) is 42.0 Å². The normalized spacial score (nSPS) is 20.5. The molecular weight excluding hydrogens is 356 g/mol. The van der Waals surface area contributed by atoms with E-state index in [4.69, 9.17) is 21.7 Å². The minimum Gasteiger partial charge on any atom is -0.497 e. The quantitative estimate of drug-likeness (QED) is 0.560. The molecule has 5 nitrogen and oxygen atoms in total. The SMILES string of the molecule is COc1ccc(/C=C2/SC(=S)N(CCCN3CCOCC3)C2=O)cc1. The third-order valence-corrected chi connectivity index (χ3v) is 5.62. The van der Waals surface area contributed by atoms with Crippen molar-refractivity contribution in [3.05, 3.63) is 34.7 Å². The molecular formula is C18H22N2O3S2. The molecule has 2 aliphatic heterocycles. The van der Waals surface area contributed by atoms with E-state index in [-0.39, 0.29) is 5.91 Å². The Kier molecular flexibility index (Phi) is 6.47. The minimum atomic E-state index is 0.00722. The number of thiocarbonyl (C=S) groups is 1. The summed E-state index contributed by atoms with van der Waals surface area (Å²) in [5, 5.41) is 0. The van der Waals surface area contributed by atoms with Crippen LogP contribution in [0.3, 0.4) is 0 Å². The van der Waals surface area contributed by atoms with Crippen LogP contribution in [0.1, 0.15) is 12.0 Å². The van der Waals surface area contributed by atoms with Gasteiger partial charge in [0.25, 0.3) is 5.91 Å². The molecule has 0 aromatic heterocycles. The van der Waals surface area contributed by atoms with Gasteiger partial charge in [0.2, 0.25) is 0 Å². The Labute approximate surface area is 157 Å². The molecule has 134 valence electrons. The number of ether oxygens (including phenoxy) is 2. The summed E-state index contributed by atoms with van der Waals surface area (Å²) >= 11 is 6.77. The number of hydrogen-bond acceptors (Lipinski definition) is 6. The maximum atomic E-state index is 12.6. The molecule has 2 aliphatic rings. The van der Waals surface area contributed by atoms with E-state index in [0.717, 1.165) is 50.6 Å². The Bertz CT molecular complexity index is 655. The van der Waals surface area contributed by atoms with Crippen LogP contribution in [0.4, 0.5) is 0 Å². The van der Waals surface area contributed by atoms with Gasteiger partial charge in [-0.25, -0.2) is 0 Å². The second-order valence-corrected chi connectivity index (χ2v) is 7.59. The van der Waals surface area contributed by atoms with Gasteiger partial charge < -0.3 is 9.47 Å². The van der Waals surface area contributed by atoms with Crippen molar-refractivity contribution in [3.63, 3.8) is 0 Å². The van der Waals surface area contributed by atoms with Crippen LogP contribution in [0.5, 0.6) is 5.75 Å². The van der Waals surface area contributed by atoms with E-state index in [2.05, 4.69) is 4.90 Å². The molecule has 2 saturated heterocycles. The van der Waals surface area contributed by atoms with Crippen molar-refractivity contribution in [3.8, 4) is 5.75 Å². The van der Waals surface area contributed by atoms with Gasteiger partial charge in [0, 0.05) is 26.2 Å². The Morgan fingerprint density at radius 3 is 2.64 bits per heavy atom. The Hall–Kier alpha value is -1.41. The molecule has 1 aromatic rings. The predicted molar refractivity (Wildman–Crippen MR) is 105 cm³/mol. The van der Waals surface area contributed by atoms with Crippen LogP contribution >= 0.6 is 24.0 Å². The Morgan fingerprint density at radius 2 is 1.96 bits per heavy atom. The van der Waals surface area contributed by atoms with Crippen LogP contribution in [0.25, 0.3) is 6.08 Å². The zero-order chi connectivity index (χ0) is 17.6. The number of methoxy groups -OCH3 is 1. The second kappa shape index (κ2) is 8.80. The third-order valence-electron chi connectivity index (χ3n) is 4.25. The fraction of sp³-hybridized carbons (Fsp3) is 0.444. The first-order chi connectivity index (χ1) is 12.2. The Morgan fingerprint density at radius 1 is 1.24 bits per heavy atom. The summed E-state index contributed by atoms with van der Waals surface area (Å²) in [6, 6.07) is 7.64. The first-order valence-corrected chi connectivity index (χ1v) is 9.59. The number of nitrogens with zero attached hydrogens (tertiary/aromatic N) is 2. The van der Waals surface area contributed by atoms with Gasteiger partial charge in [-0.2, -0.15) is 0 Å². The van der Waals surface area contributed by atoms with Crippen molar-refractivity contribution in [1.29, 1.82) is 0 Å². The van der Waals surface area contributed by atoms with E-state index in [1.54, 1.807) is 12.0 Å². The van der Waals surface area contributed by atoms with Gasteiger partial charge >= 0.3 is 0 Å². The summed E-state index contributed by atoms with van der Waals surface area (Å²) in [6.07, 6.45) is 2.81. The van der Waals surface area contributed by atoms with Gasteiger partial charge in [-0.15, -0.1) is 0 Å². The van der Waals surface area contributed by atoms with Crippen LogP contribution in [-0.4, -0.2) is 66.5 Å². The number of thioether (sulfide) groups is 1. The van der Waals surface area contributed by atoms with E-state index in [9.17, 15) is 4.79 Å². The zero-order valence-corrected chi connectivity index (χ0v) is 15.9. The molecule has 7 heteroatoms. The summed E-state index contributed by atoms with van der Waals surface area (Å²) in [7, 11) is 1.64. The largest absolute Gasteiger partial charge is 0.497 e. The van der Waals surface area contributed by atoms with Gasteiger partial charge in [0.15, 0.2) is 0 Å². The smallest absolute Gasteiger partial charge is 0.266 e. The molecule has 0 bridgehead atoms. The highest BCUT2D eigenvalue weighted by Crippen LogP contribution is 2.32. The lowest BCUT2D eigenvalue weighted by atomic mass is 10.2. The molecule has 2 fully saturated rings. The molecule has 0 atom stereocenters. The molecule has 0 N–H and O–H groups in total. The van der Waals surface area contributed by atoms with Gasteiger partial charge in [0.1, 0.15) is 10.1 Å². The molecule has 3 rings (SSSR count). The van der Waals surface area contributed by atoms with Crippen molar-refractivity contribution >= 4 is 40.3 Å². The van der Waals surface area contributed by atoms with Crippen molar-refractivity contribution in [2.45, 2.75) is 6.42 Å². The molecule has 0 saturated carbocycles. The van der Waals surface area contributed by atoms with Gasteiger partial charge in [0.05, 0.1) is 25.2 Å². The number of carbonyl (C=O) groups is 1. The van der Waals surface area contributed by atoms with Crippen LogP contribution < -0.4 is 4.74 Å². The fourth-order valence-corrected chi connectivity index (χ4v) is 4.13. The highest BCUT2D eigenvalue weighted by atomic mass is 32.2. The number of carbonyl (C=O) groups excluding carboxylic acids is 1. The number of hydrogen-bond donors (Lipinski definition) is 0. The lowest BCUT2D eigenvalue weighted by molar-refractivity contribution is -0.122. The third kappa shape index (κ3) is 4.82. The van der Waals surface area contributed by atoms with Crippen molar-refractivity contribution in [2.75, 3.05) is 46.5 Å². The molecule has 0 aliphatic carbocycles. The average molecular weight is 379 g/mol. The first kappa shape index (κ1) is 18.4. The predicted octanol–water partition coefficient (Wildman–Crippen LogP) is 2.62. The van der Waals surface area contributed by atoms with E-state index in [1.807, 2.05) is 30.3 Å². The van der Waals surface area contributed by atoms with Gasteiger partial charge in [-0.3, -0.25) is 14.6 Å². The molecule has 0 spiro atoms. The number of morpholine rings is 1. The molecule has 0 radical (unpaired) electrons. The average Bonchev–Trinajstić information content (AvgIpc) is 2.90. The monoisotopic (exact) mass is 378 g/mol. The summed E-state index contributed by atoms with van der Waals surface area (Å²) < 4.78 is 11.2. The summed E-state index contributed by atoms with van der Waals surface area (Å²) in [6.45, 7) is 5.17. The number of rotatable bonds is 6. The maximum Gasteiger partial charge on any atom is 0.266 e. The van der Waals surface area contributed by atoms with Crippen LogP contribution in [0.2, 0.25) is 0 Å². The van der Waals surface area contributed by atoms with Crippen LogP contribution in [0, 0.1) is 0 Å². The zero-order valence-electron chi connectivity index (χ0n) is 14.3. The molecule has 2 heterocycles. The van der Waals surface area contributed by atoms with Crippen molar-refractivity contribution in [1.82, 2.24) is 9.80 Å².